The highest BCUT2D eigenvalue weighted by Crippen LogP contribution is 2.64. The van der Waals surface area contributed by atoms with Crippen molar-refractivity contribution in [2.45, 2.75) is 67.7 Å². The van der Waals surface area contributed by atoms with Crippen LogP contribution >= 0.6 is 11.8 Å². The van der Waals surface area contributed by atoms with E-state index < -0.39 is 23.7 Å². The van der Waals surface area contributed by atoms with Crippen LogP contribution < -0.4 is 24.3 Å². The molecule has 0 aromatic heterocycles. The summed E-state index contributed by atoms with van der Waals surface area (Å²) >= 11 is 1.67. The maximum atomic E-state index is 15.5. The van der Waals surface area contributed by atoms with Gasteiger partial charge in [0.05, 0.1) is 39.0 Å². The number of carbonyl (C=O) groups is 1. The van der Waals surface area contributed by atoms with Gasteiger partial charge in [-0.3, -0.25) is 9.69 Å². The number of nitriles is 1. The first-order chi connectivity index (χ1) is 25.1. The molecule has 0 aliphatic carbocycles. The van der Waals surface area contributed by atoms with E-state index in [0.29, 0.717) is 48.1 Å². The summed E-state index contributed by atoms with van der Waals surface area (Å²) in [7, 11) is 7.09. The topological polar surface area (TPSA) is 146 Å². The molecule has 7 atom stereocenters. The molecule has 12 nitrogen and oxygen atoms in total. The van der Waals surface area contributed by atoms with Crippen molar-refractivity contribution in [3.05, 3.63) is 68.3 Å². The van der Waals surface area contributed by atoms with Gasteiger partial charge >= 0.3 is 0 Å². The summed E-state index contributed by atoms with van der Waals surface area (Å²) < 4.78 is 30.7. The number of Topliss-reactive ketones (excluding diaryl/α,β-unsaturated/α-hetero) is 1. The standard InChI is InChI=1S/C39H42N4O8S/c1-17-9-20-10-21(13-40)43-23-14-49-36-26-18(2)34-35(51-16-50-34)28(23)29(26)37(31(43)30(42(3)4)27(20)32(45)33(17)48-6)52-15-39(38(36)46)22-12-25(47-5)24(44)11-19(22)7-8-41-39/h9,11-12,21,23,30-31,36-37,41,44-45H,7-8,10,14-16H2,1-6H3/t21-,23?,30?,31?,36?,37?,39-/m1/s1. The zero-order chi connectivity index (χ0) is 36.4. The average Bonchev–Trinajstić information content (AvgIpc) is 3.51. The number of phenolic OH excluding ortho intramolecular Hbond substituents is 2. The van der Waals surface area contributed by atoms with E-state index in [4.69, 9.17) is 23.7 Å². The number of likely N-dealkylation sites (N-methyl/N-ethyl adjacent to an activating group) is 1. The van der Waals surface area contributed by atoms with Gasteiger partial charge in [0.2, 0.25) is 6.79 Å². The molecule has 0 saturated heterocycles. The Morgan fingerprint density at radius 1 is 1.06 bits per heavy atom. The number of nitrogens with zero attached hydrogens (tertiary/aromatic N) is 3. The van der Waals surface area contributed by atoms with Crippen LogP contribution in [0.1, 0.15) is 73.5 Å². The van der Waals surface area contributed by atoms with E-state index in [-0.39, 0.29) is 48.0 Å². The lowest BCUT2D eigenvalue weighted by molar-refractivity contribution is -0.139. The number of methoxy groups -OCH3 is 2. The Labute approximate surface area is 306 Å². The van der Waals surface area contributed by atoms with E-state index in [2.05, 4.69) is 21.2 Å². The molecule has 6 heterocycles. The van der Waals surface area contributed by atoms with Crippen molar-refractivity contribution in [2.24, 2.45) is 0 Å². The highest BCUT2D eigenvalue weighted by Gasteiger charge is 2.60. The molecule has 3 N–H and O–H groups in total. The Kier molecular flexibility index (Phi) is 7.70. The maximum absolute atomic E-state index is 15.5. The second kappa shape index (κ2) is 11.9. The lowest BCUT2D eigenvalue weighted by atomic mass is 9.74. The van der Waals surface area contributed by atoms with Gasteiger partial charge in [-0.25, -0.2) is 0 Å². The first kappa shape index (κ1) is 33.6. The fraction of sp³-hybridized carbons (Fsp3) is 0.487. The normalized spacial score (nSPS) is 29.7. The van der Waals surface area contributed by atoms with Gasteiger partial charge < -0.3 is 44.1 Å². The van der Waals surface area contributed by atoms with Crippen molar-refractivity contribution in [1.29, 1.82) is 5.26 Å². The number of thioether (sulfide) groups is 1. The molecular weight excluding hydrogens is 685 g/mol. The monoisotopic (exact) mass is 726 g/mol. The molecule has 6 aliphatic rings. The molecule has 52 heavy (non-hydrogen) atoms. The van der Waals surface area contributed by atoms with Gasteiger partial charge in [0.25, 0.3) is 0 Å². The van der Waals surface area contributed by atoms with Crippen LogP contribution in [0.25, 0.3) is 0 Å². The van der Waals surface area contributed by atoms with Crippen molar-refractivity contribution in [3.8, 4) is 40.6 Å². The Hall–Kier alpha value is -4.19. The molecule has 1 spiro atoms. The van der Waals surface area contributed by atoms with Crippen LogP contribution in [0, 0.1) is 25.2 Å². The number of ether oxygens (including phenoxy) is 5. The third-order valence-electron chi connectivity index (χ3n) is 12.2. The SMILES string of the molecule is COc1cc2c(cc1O)CCN[C@]21CSC2c3c4c(C)c5c(c3C(COC4C1=O)N1C2C(N(C)C)c2c(cc(C)c(OC)c2O)C[C@@H]1C#N)OCO5. The Morgan fingerprint density at radius 3 is 2.58 bits per heavy atom. The lowest BCUT2D eigenvalue weighted by Crippen LogP contribution is -2.58. The number of aromatic hydroxyl groups is 2. The van der Waals surface area contributed by atoms with Crippen LogP contribution in [0.15, 0.2) is 18.2 Å². The quantitative estimate of drug-likeness (QED) is 0.351. The predicted molar refractivity (Wildman–Crippen MR) is 192 cm³/mol. The number of aryl methyl sites for hydroxylation is 1. The average molecular weight is 727 g/mol. The lowest BCUT2D eigenvalue weighted by Gasteiger charge is -2.52. The van der Waals surface area contributed by atoms with Crippen LogP contribution in [0.2, 0.25) is 0 Å². The molecule has 5 unspecified atom stereocenters. The molecule has 3 aromatic rings. The molecule has 0 amide bonds. The summed E-state index contributed by atoms with van der Waals surface area (Å²) in [6, 6.07) is 6.41. The van der Waals surface area contributed by atoms with E-state index in [1.54, 1.807) is 31.0 Å². The fourth-order valence-corrected chi connectivity index (χ4v) is 11.9. The van der Waals surface area contributed by atoms with Crippen LogP contribution in [-0.4, -0.2) is 91.9 Å². The first-order valence-electron chi connectivity index (χ1n) is 17.7. The van der Waals surface area contributed by atoms with Crippen LogP contribution in [0.3, 0.4) is 0 Å². The molecule has 0 fully saturated rings. The molecule has 9 rings (SSSR count). The summed E-state index contributed by atoms with van der Waals surface area (Å²) in [6.07, 6.45) is 0.0413. The maximum Gasteiger partial charge on any atom is 0.231 e. The highest BCUT2D eigenvalue weighted by molar-refractivity contribution is 7.99. The number of hydrogen-bond acceptors (Lipinski definition) is 13. The summed E-state index contributed by atoms with van der Waals surface area (Å²) in [6.45, 7) is 4.60. The minimum Gasteiger partial charge on any atom is -0.504 e. The van der Waals surface area contributed by atoms with Gasteiger partial charge in [-0.1, -0.05) is 6.07 Å². The van der Waals surface area contributed by atoms with Gasteiger partial charge in [0.1, 0.15) is 17.7 Å². The largest absolute Gasteiger partial charge is 0.504 e. The van der Waals surface area contributed by atoms with E-state index in [9.17, 15) is 15.5 Å². The number of fused-ring (bicyclic) bond motifs is 7. The van der Waals surface area contributed by atoms with Gasteiger partial charge in [0, 0.05) is 46.7 Å². The summed E-state index contributed by atoms with van der Waals surface area (Å²) in [5.74, 6) is 2.30. The molecule has 0 saturated carbocycles. The van der Waals surface area contributed by atoms with E-state index in [0.717, 1.165) is 50.1 Å². The minimum absolute atomic E-state index is 0.0294. The number of nitrogens with one attached hydrogen (secondary N) is 1. The Morgan fingerprint density at radius 2 is 1.85 bits per heavy atom. The molecular formula is C39H42N4O8S. The van der Waals surface area contributed by atoms with E-state index in [1.807, 2.05) is 34.0 Å². The Bertz CT molecular complexity index is 2100. The number of hydrogen-bond donors (Lipinski definition) is 3. The van der Waals surface area contributed by atoms with Crippen LogP contribution in [-0.2, 0) is 27.9 Å². The minimum atomic E-state index is -1.19. The van der Waals surface area contributed by atoms with Crippen molar-refractivity contribution in [3.63, 3.8) is 0 Å². The fourth-order valence-electron chi connectivity index (χ4n) is 10.1. The molecule has 5 bridgehead atoms. The number of benzene rings is 3. The molecule has 3 aromatic carbocycles. The van der Waals surface area contributed by atoms with E-state index in [1.165, 1.54) is 7.11 Å². The summed E-state index contributed by atoms with van der Waals surface area (Å²) in [5.41, 5.74) is 6.37. The number of ketones is 1. The third-order valence-corrected chi connectivity index (χ3v) is 13.7. The van der Waals surface area contributed by atoms with Crippen molar-refractivity contribution in [1.82, 2.24) is 15.1 Å². The number of phenols is 2. The molecule has 0 radical (unpaired) electrons. The second-order valence-corrected chi connectivity index (χ2v) is 16.0. The molecule has 272 valence electrons. The zero-order valence-corrected chi connectivity index (χ0v) is 30.8. The highest BCUT2D eigenvalue weighted by atomic mass is 32.2. The molecule has 13 heteroatoms. The smallest absolute Gasteiger partial charge is 0.231 e. The summed E-state index contributed by atoms with van der Waals surface area (Å²) in [5, 5.41) is 37.2. The van der Waals surface area contributed by atoms with E-state index >= 15 is 4.79 Å². The summed E-state index contributed by atoms with van der Waals surface area (Å²) in [4.78, 5) is 19.9. The Balaban J connectivity index is 1.35. The van der Waals surface area contributed by atoms with Crippen molar-refractivity contribution in [2.75, 3.05) is 54.0 Å². The van der Waals surface area contributed by atoms with Gasteiger partial charge in [0.15, 0.2) is 40.3 Å². The van der Waals surface area contributed by atoms with Gasteiger partial charge in [-0.15, -0.1) is 11.8 Å². The predicted octanol–water partition coefficient (Wildman–Crippen LogP) is 4.41. The van der Waals surface area contributed by atoms with Crippen molar-refractivity contribution < 1.29 is 38.7 Å². The van der Waals surface area contributed by atoms with Gasteiger partial charge in [-0.2, -0.15) is 5.26 Å². The number of carbonyl (C=O) groups excluding carboxylic acids is 1. The second-order valence-electron chi connectivity index (χ2n) is 14.9. The van der Waals surface area contributed by atoms with Crippen LogP contribution in [0.4, 0.5) is 0 Å². The van der Waals surface area contributed by atoms with Gasteiger partial charge in [-0.05, 0) is 79.9 Å². The third kappa shape index (κ3) is 4.33. The van der Waals surface area contributed by atoms with Crippen LogP contribution in [0.5, 0.6) is 34.5 Å². The zero-order valence-electron chi connectivity index (χ0n) is 30.0. The number of rotatable bonds is 3. The first-order valence-corrected chi connectivity index (χ1v) is 18.7. The van der Waals surface area contributed by atoms with Crippen molar-refractivity contribution >= 4 is 17.5 Å². The molecule has 6 aliphatic heterocycles.